The van der Waals surface area contributed by atoms with Crippen molar-refractivity contribution < 1.29 is 4.42 Å². The quantitative estimate of drug-likeness (QED) is 0.558. The van der Waals surface area contributed by atoms with Crippen LogP contribution in [0.1, 0.15) is 36.3 Å². The predicted molar refractivity (Wildman–Crippen MR) is 109 cm³/mol. The maximum atomic E-state index is 5.41. The summed E-state index contributed by atoms with van der Waals surface area (Å²) >= 11 is 3.75. The average Bonchev–Trinajstić information content (AvgIpc) is 3.33. The zero-order chi connectivity index (χ0) is 17.3. The maximum Gasteiger partial charge on any atom is 0.191 e. The Morgan fingerprint density at radius 2 is 2.32 bits per heavy atom. The molecule has 0 bridgehead atoms. The highest BCUT2D eigenvalue weighted by Gasteiger charge is 2.22. The van der Waals surface area contributed by atoms with Crippen molar-refractivity contribution in [2.75, 3.05) is 12.8 Å². The first-order valence-corrected chi connectivity index (χ1v) is 11.1. The highest BCUT2D eigenvalue weighted by Crippen LogP contribution is 2.26. The summed E-state index contributed by atoms with van der Waals surface area (Å²) in [6.07, 6.45) is 9.91. The summed E-state index contributed by atoms with van der Waals surface area (Å²) in [5, 5.41) is 10.0. The lowest BCUT2D eigenvalue weighted by atomic mass is 9.95. The first-order valence-electron chi connectivity index (χ1n) is 8.96. The molecule has 2 heterocycles. The van der Waals surface area contributed by atoms with Crippen LogP contribution in [0, 0.1) is 0 Å². The summed E-state index contributed by atoms with van der Waals surface area (Å²) in [7, 11) is 0. The highest BCUT2D eigenvalue weighted by molar-refractivity contribution is 7.99. The van der Waals surface area contributed by atoms with E-state index in [0.717, 1.165) is 36.5 Å². The van der Waals surface area contributed by atoms with Crippen LogP contribution < -0.4 is 10.6 Å². The SMILES string of the molecule is CSC1CCCC(NC(=NCc2cccs2)NCCc2ccco2)C1. The van der Waals surface area contributed by atoms with Crippen molar-refractivity contribution in [2.45, 2.75) is 49.9 Å². The summed E-state index contributed by atoms with van der Waals surface area (Å²) in [5.41, 5.74) is 0. The Morgan fingerprint density at radius 1 is 1.36 bits per heavy atom. The van der Waals surface area contributed by atoms with Gasteiger partial charge < -0.3 is 15.1 Å². The second-order valence-corrected chi connectivity index (χ2v) is 8.54. The van der Waals surface area contributed by atoms with E-state index in [4.69, 9.17) is 9.41 Å². The average molecular weight is 378 g/mol. The Balaban J connectivity index is 1.55. The van der Waals surface area contributed by atoms with E-state index in [1.807, 2.05) is 23.9 Å². The molecule has 0 aliphatic heterocycles. The van der Waals surface area contributed by atoms with Gasteiger partial charge in [0.1, 0.15) is 5.76 Å². The fourth-order valence-corrected chi connectivity index (χ4v) is 4.61. The maximum absolute atomic E-state index is 5.41. The molecular formula is C19H27N3OS2. The third-order valence-electron chi connectivity index (χ3n) is 4.52. The van der Waals surface area contributed by atoms with Gasteiger partial charge in [-0.1, -0.05) is 12.5 Å². The molecule has 0 spiro atoms. The molecule has 6 heteroatoms. The van der Waals surface area contributed by atoms with Crippen LogP contribution in [-0.2, 0) is 13.0 Å². The van der Waals surface area contributed by atoms with Crippen molar-refractivity contribution in [1.82, 2.24) is 10.6 Å². The number of rotatable bonds is 7. The van der Waals surface area contributed by atoms with Crippen molar-refractivity contribution in [3.63, 3.8) is 0 Å². The number of thioether (sulfide) groups is 1. The van der Waals surface area contributed by atoms with E-state index in [1.54, 1.807) is 17.6 Å². The molecule has 0 radical (unpaired) electrons. The number of nitrogens with one attached hydrogen (secondary N) is 2. The van der Waals surface area contributed by atoms with Gasteiger partial charge in [0.25, 0.3) is 0 Å². The van der Waals surface area contributed by atoms with Crippen molar-refractivity contribution in [2.24, 2.45) is 4.99 Å². The molecule has 1 saturated carbocycles. The first kappa shape index (κ1) is 18.4. The van der Waals surface area contributed by atoms with Crippen molar-refractivity contribution in [1.29, 1.82) is 0 Å². The zero-order valence-electron chi connectivity index (χ0n) is 14.7. The van der Waals surface area contributed by atoms with Crippen LogP contribution in [0.3, 0.4) is 0 Å². The van der Waals surface area contributed by atoms with Gasteiger partial charge in [0.15, 0.2) is 5.96 Å². The number of aliphatic imine (C=N–C) groups is 1. The fourth-order valence-electron chi connectivity index (χ4n) is 3.15. The third kappa shape index (κ3) is 6.12. The van der Waals surface area contributed by atoms with Crippen LogP contribution in [0.25, 0.3) is 0 Å². The van der Waals surface area contributed by atoms with Crippen molar-refractivity contribution in [3.8, 4) is 0 Å². The molecule has 1 aliphatic rings. The Kier molecular flexibility index (Phi) is 7.30. The van der Waals surface area contributed by atoms with E-state index in [9.17, 15) is 0 Å². The van der Waals surface area contributed by atoms with Gasteiger partial charge in [0.05, 0.1) is 12.8 Å². The predicted octanol–water partition coefficient (Wildman–Crippen LogP) is 4.29. The number of furan rings is 1. The van der Waals surface area contributed by atoms with Crippen LogP contribution in [0.5, 0.6) is 0 Å². The summed E-state index contributed by atoms with van der Waals surface area (Å²) in [4.78, 5) is 6.09. The van der Waals surface area contributed by atoms with Gasteiger partial charge in [0.2, 0.25) is 0 Å². The summed E-state index contributed by atoms with van der Waals surface area (Å²) < 4.78 is 5.41. The van der Waals surface area contributed by atoms with E-state index < -0.39 is 0 Å². The van der Waals surface area contributed by atoms with E-state index >= 15 is 0 Å². The Bertz CT molecular complexity index is 625. The molecule has 136 valence electrons. The van der Waals surface area contributed by atoms with Gasteiger partial charge in [-0.05, 0) is 49.1 Å². The number of nitrogens with zero attached hydrogens (tertiary/aromatic N) is 1. The van der Waals surface area contributed by atoms with Gasteiger partial charge in [-0.2, -0.15) is 11.8 Å². The molecule has 0 amide bonds. The highest BCUT2D eigenvalue weighted by atomic mass is 32.2. The Morgan fingerprint density at radius 3 is 3.08 bits per heavy atom. The second kappa shape index (κ2) is 9.92. The molecule has 2 aromatic rings. The summed E-state index contributed by atoms with van der Waals surface area (Å²) in [6.45, 7) is 1.55. The lowest BCUT2D eigenvalue weighted by Crippen LogP contribution is -2.46. The zero-order valence-corrected chi connectivity index (χ0v) is 16.4. The van der Waals surface area contributed by atoms with Crippen molar-refractivity contribution >= 4 is 29.1 Å². The Labute approximate surface area is 158 Å². The summed E-state index contributed by atoms with van der Waals surface area (Å²) in [5.74, 6) is 1.93. The minimum absolute atomic E-state index is 0.518. The Hall–Kier alpha value is -1.40. The van der Waals surface area contributed by atoms with Crippen LogP contribution in [0.4, 0.5) is 0 Å². The largest absolute Gasteiger partial charge is 0.469 e. The summed E-state index contributed by atoms with van der Waals surface area (Å²) in [6, 6.07) is 8.69. The van der Waals surface area contributed by atoms with E-state index in [2.05, 4.69) is 34.4 Å². The minimum atomic E-state index is 0.518. The number of thiophene rings is 1. The van der Waals surface area contributed by atoms with Crippen LogP contribution in [0.2, 0.25) is 0 Å². The first-order chi connectivity index (χ1) is 12.3. The van der Waals surface area contributed by atoms with Gasteiger partial charge >= 0.3 is 0 Å². The lowest BCUT2D eigenvalue weighted by Gasteiger charge is -2.30. The van der Waals surface area contributed by atoms with Crippen LogP contribution >= 0.6 is 23.1 Å². The second-order valence-electron chi connectivity index (χ2n) is 6.37. The van der Waals surface area contributed by atoms with Crippen LogP contribution in [0.15, 0.2) is 45.3 Å². The topological polar surface area (TPSA) is 49.6 Å². The van der Waals surface area contributed by atoms with Gasteiger partial charge in [-0.25, -0.2) is 4.99 Å². The number of hydrogen-bond acceptors (Lipinski definition) is 4. The molecule has 3 rings (SSSR count). The van der Waals surface area contributed by atoms with Crippen LogP contribution in [-0.4, -0.2) is 30.1 Å². The molecular weight excluding hydrogens is 350 g/mol. The standard InChI is InChI=1S/C19H27N3OS2/c1-24-17-7-2-5-15(13-17)22-19(21-14-18-8-4-12-25-18)20-10-9-16-6-3-11-23-16/h3-4,6,8,11-12,15,17H,2,5,7,9-10,13-14H2,1H3,(H2,20,21,22). The molecule has 0 aromatic carbocycles. The number of guanidine groups is 1. The molecule has 1 fully saturated rings. The smallest absolute Gasteiger partial charge is 0.191 e. The van der Waals surface area contributed by atoms with Gasteiger partial charge in [0, 0.05) is 29.1 Å². The molecule has 2 aromatic heterocycles. The van der Waals surface area contributed by atoms with E-state index in [-0.39, 0.29) is 0 Å². The van der Waals surface area contributed by atoms with E-state index in [0.29, 0.717) is 6.04 Å². The monoisotopic (exact) mass is 377 g/mol. The molecule has 2 atom stereocenters. The lowest BCUT2D eigenvalue weighted by molar-refractivity contribution is 0.418. The van der Waals surface area contributed by atoms with Crippen molar-refractivity contribution in [3.05, 3.63) is 46.5 Å². The molecule has 1 aliphatic carbocycles. The fraction of sp³-hybridized carbons (Fsp3) is 0.526. The van der Waals surface area contributed by atoms with E-state index in [1.165, 1.54) is 30.6 Å². The molecule has 2 unspecified atom stereocenters. The van der Waals surface area contributed by atoms with Gasteiger partial charge in [-0.15, -0.1) is 11.3 Å². The molecule has 25 heavy (non-hydrogen) atoms. The normalized spacial score (nSPS) is 21.2. The molecule has 2 N–H and O–H groups in total. The van der Waals surface area contributed by atoms with Gasteiger partial charge in [-0.3, -0.25) is 0 Å². The minimum Gasteiger partial charge on any atom is -0.469 e. The number of hydrogen-bond donors (Lipinski definition) is 2. The molecule has 4 nitrogen and oxygen atoms in total. The molecule has 0 saturated heterocycles. The third-order valence-corrected chi connectivity index (χ3v) is 6.47.